The third kappa shape index (κ3) is 3.82. The number of aromatic nitrogens is 1. The van der Waals surface area contributed by atoms with Crippen molar-refractivity contribution in [3.8, 4) is 18.1 Å². The highest BCUT2D eigenvalue weighted by Crippen LogP contribution is 2.26. The zero-order chi connectivity index (χ0) is 18.4. The number of amides is 1. The molecule has 2 aromatic carbocycles. The summed E-state index contributed by atoms with van der Waals surface area (Å²) in [4.78, 5) is 16.0. The third-order valence-corrected chi connectivity index (χ3v) is 3.91. The number of halogens is 1. The predicted octanol–water partition coefficient (Wildman–Crippen LogP) is 3.66. The number of hydrazone groups is 1. The molecule has 3 aromatic rings. The van der Waals surface area contributed by atoms with E-state index in [1.807, 2.05) is 36.4 Å². The Kier molecular flexibility index (Phi) is 5.47. The summed E-state index contributed by atoms with van der Waals surface area (Å²) in [7, 11) is 0. The van der Waals surface area contributed by atoms with Crippen LogP contribution >= 0.6 is 11.6 Å². The highest BCUT2D eigenvalue weighted by molar-refractivity contribution is 6.32. The molecule has 1 heterocycles. The molecule has 5 nitrogen and oxygen atoms in total. The van der Waals surface area contributed by atoms with Crippen LogP contribution in [-0.4, -0.2) is 23.7 Å². The van der Waals surface area contributed by atoms with Gasteiger partial charge in [-0.3, -0.25) is 4.79 Å². The van der Waals surface area contributed by atoms with E-state index in [1.165, 1.54) is 12.4 Å². The van der Waals surface area contributed by atoms with Crippen LogP contribution in [0.15, 0.2) is 59.8 Å². The van der Waals surface area contributed by atoms with Crippen molar-refractivity contribution < 1.29 is 9.53 Å². The second-order valence-electron chi connectivity index (χ2n) is 5.23. The van der Waals surface area contributed by atoms with Gasteiger partial charge in [0.2, 0.25) is 0 Å². The lowest BCUT2D eigenvalue weighted by Crippen LogP contribution is -2.18. The second-order valence-corrected chi connectivity index (χ2v) is 5.59. The summed E-state index contributed by atoms with van der Waals surface area (Å²) in [5, 5.41) is 6.10. The molecule has 128 valence electrons. The zero-order valence-corrected chi connectivity index (χ0v) is 14.4. The topological polar surface area (TPSA) is 63.6 Å². The number of nitrogens with one attached hydrogen (secondary N) is 1. The quantitative estimate of drug-likeness (QED) is 0.325. The van der Waals surface area contributed by atoms with E-state index >= 15 is 0 Å². The van der Waals surface area contributed by atoms with Crippen molar-refractivity contribution in [2.24, 2.45) is 5.10 Å². The number of nitrogens with zero attached hydrogens (tertiary/aromatic N) is 2. The molecule has 0 spiro atoms. The Morgan fingerprint density at radius 1 is 1.27 bits per heavy atom. The normalized spacial score (nSPS) is 10.6. The molecular weight excluding hydrogens is 350 g/mol. The highest BCUT2D eigenvalue weighted by Gasteiger charge is 2.10. The first-order valence-corrected chi connectivity index (χ1v) is 8.10. The van der Waals surface area contributed by atoms with Gasteiger partial charge in [0.25, 0.3) is 5.91 Å². The summed E-state index contributed by atoms with van der Waals surface area (Å²) >= 11 is 5.91. The summed E-state index contributed by atoms with van der Waals surface area (Å²) in [6, 6.07) is 14.7. The average Bonchev–Trinajstić information content (AvgIpc) is 2.67. The third-order valence-electron chi connectivity index (χ3n) is 3.61. The van der Waals surface area contributed by atoms with Crippen molar-refractivity contribution >= 4 is 34.5 Å². The van der Waals surface area contributed by atoms with E-state index in [0.717, 1.165) is 16.3 Å². The lowest BCUT2D eigenvalue weighted by molar-refractivity contribution is 0.0955. The first kappa shape index (κ1) is 17.5. The molecule has 1 aromatic heterocycles. The molecule has 0 radical (unpaired) electrons. The number of fused-ring (bicyclic) bond motifs is 1. The minimum atomic E-state index is -0.453. The SMILES string of the molecule is C#CCOc1ccc2ccccc2c1C=NNC(=O)c1cccnc1Cl. The minimum absolute atomic E-state index is 0.114. The fourth-order valence-corrected chi connectivity index (χ4v) is 2.63. The summed E-state index contributed by atoms with van der Waals surface area (Å²) in [5.74, 6) is 2.56. The van der Waals surface area contributed by atoms with E-state index in [1.54, 1.807) is 12.1 Å². The smallest absolute Gasteiger partial charge is 0.274 e. The lowest BCUT2D eigenvalue weighted by atomic mass is 10.0. The van der Waals surface area contributed by atoms with Crippen molar-refractivity contribution in [2.75, 3.05) is 6.61 Å². The number of hydrogen-bond acceptors (Lipinski definition) is 4. The van der Waals surface area contributed by atoms with Gasteiger partial charge >= 0.3 is 0 Å². The summed E-state index contributed by atoms with van der Waals surface area (Å²) in [6.07, 6.45) is 8.31. The van der Waals surface area contributed by atoms with Crippen LogP contribution in [0.4, 0.5) is 0 Å². The Hall–Kier alpha value is -3.36. The van der Waals surface area contributed by atoms with Crippen LogP contribution in [0.25, 0.3) is 10.8 Å². The fraction of sp³-hybridized carbons (Fsp3) is 0.0500. The Balaban J connectivity index is 1.89. The molecule has 0 aliphatic heterocycles. The van der Waals surface area contributed by atoms with Gasteiger partial charge in [0.1, 0.15) is 17.5 Å². The average molecular weight is 364 g/mol. The fourth-order valence-electron chi connectivity index (χ4n) is 2.43. The molecular formula is C20H14ClN3O2. The Labute approximate surface area is 155 Å². The van der Waals surface area contributed by atoms with Crippen LogP contribution in [-0.2, 0) is 0 Å². The molecule has 0 atom stereocenters. The molecule has 1 amide bonds. The van der Waals surface area contributed by atoms with E-state index < -0.39 is 5.91 Å². The molecule has 0 fully saturated rings. The van der Waals surface area contributed by atoms with Gasteiger partial charge in [0.05, 0.1) is 11.8 Å². The van der Waals surface area contributed by atoms with Crippen LogP contribution in [0.1, 0.15) is 15.9 Å². The van der Waals surface area contributed by atoms with Crippen molar-refractivity contribution in [1.82, 2.24) is 10.4 Å². The van der Waals surface area contributed by atoms with Gasteiger partial charge < -0.3 is 4.74 Å². The van der Waals surface area contributed by atoms with Gasteiger partial charge in [-0.15, -0.1) is 6.42 Å². The molecule has 0 saturated carbocycles. The van der Waals surface area contributed by atoms with Gasteiger partial charge in [-0.1, -0.05) is 47.9 Å². The number of hydrogen-bond donors (Lipinski definition) is 1. The summed E-state index contributed by atoms with van der Waals surface area (Å²) in [5.41, 5.74) is 3.41. The molecule has 6 heteroatoms. The Bertz CT molecular complexity index is 1020. The maximum atomic E-state index is 12.2. The number of terminal acetylenes is 1. The van der Waals surface area contributed by atoms with E-state index in [-0.39, 0.29) is 17.3 Å². The number of pyridine rings is 1. The number of ether oxygens (including phenoxy) is 1. The number of carbonyl (C=O) groups is 1. The van der Waals surface area contributed by atoms with Crippen LogP contribution in [0, 0.1) is 12.3 Å². The lowest BCUT2D eigenvalue weighted by Gasteiger charge is -2.10. The predicted molar refractivity (Wildman–Crippen MR) is 103 cm³/mol. The molecule has 0 saturated heterocycles. The largest absolute Gasteiger partial charge is 0.480 e. The molecule has 1 N–H and O–H groups in total. The number of benzene rings is 2. The van der Waals surface area contributed by atoms with Crippen molar-refractivity contribution in [2.45, 2.75) is 0 Å². The first-order chi connectivity index (χ1) is 12.7. The van der Waals surface area contributed by atoms with Gasteiger partial charge in [-0.05, 0) is 29.0 Å². The maximum Gasteiger partial charge on any atom is 0.274 e. The van der Waals surface area contributed by atoms with Gasteiger partial charge in [0, 0.05) is 11.8 Å². The highest BCUT2D eigenvalue weighted by atomic mass is 35.5. The maximum absolute atomic E-state index is 12.2. The number of rotatable bonds is 5. The molecule has 0 unspecified atom stereocenters. The van der Waals surface area contributed by atoms with Gasteiger partial charge in [-0.25, -0.2) is 10.4 Å². The monoisotopic (exact) mass is 363 g/mol. The van der Waals surface area contributed by atoms with Crippen LogP contribution in [0.5, 0.6) is 5.75 Å². The summed E-state index contributed by atoms with van der Waals surface area (Å²) < 4.78 is 5.58. The first-order valence-electron chi connectivity index (χ1n) is 7.72. The molecule has 0 bridgehead atoms. The van der Waals surface area contributed by atoms with E-state index in [2.05, 4.69) is 21.4 Å². The van der Waals surface area contributed by atoms with E-state index in [0.29, 0.717) is 5.75 Å². The number of carbonyl (C=O) groups excluding carboxylic acids is 1. The van der Waals surface area contributed by atoms with Crippen molar-refractivity contribution in [3.05, 3.63) is 71.0 Å². The molecule has 0 aliphatic carbocycles. The standard InChI is InChI=1S/C20H14ClN3O2/c1-2-12-26-18-10-9-14-6-3-4-7-15(14)17(18)13-23-24-20(25)16-8-5-11-22-19(16)21/h1,3-11,13H,12H2,(H,24,25). The van der Waals surface area contributed by atoms with Crippen LogP contribution in [0.3, 0.4) is 0 Å². The van der Waals surface area contributed by atoms with Crippen LogP contribution in [0.2, 0.25) is 5.15 Å². The van der Waals surface area contributed by atoms with Crippen molar-refractivity contribution in [3.63, 3.8) is 0 Å². The van der Waals surface area contributed by atoms with Gasteiger partial charge in [0.15, 0.2) is 0 Å². The second kappa shape index (κ2) is 8.15. The zero-order valence-electron chi connectivity index (χ0n) is 13.6. The Morgan fingerprint density at radius 2 is 2.12 bits per heavy atom. The van der Waals surface area contributed by atoms with E-state index in [4.69, 9.17) is 22.8 Å². The molecule has 26 heavy (non-hydrogen) atoms. The van der Waals surface area contributed by atoms with Gasteiger partial charge in [-0.2, -0.15) is 5.10 Å². The van der Waals surface area contributed by atoms with Crippen molar-refractivity contribution in [1.29, 1.82) is 0 Å². The minimum Gasteiger partial charge on any atom is -0.480 e. The van der Waals surface area contributed by atoms with Crippen LogP contribution < -0.4 is 10.2 Å². The molecule has 3 rings (SSSR count). The summed E-state index contributed by atoms with van der Waals surface area (Å²) in [6.45, 7) is 0.136. The molecule has 0 aliphatic rings. The van der Waals surface area contributed by atoms with E-state index in [9.17, 15) is 4.79 Å². The Morgan fingerprint density at radius 3 is 2.92 bits per heavy atom.